The second-order valence-corrected chi connectivity index (χ2v) is 9.90. The van der Waals surface area contributed by atoms with Crippen LogP contribution in [-0.4, -0.2) is 51.9 Å². The van der Waals surface area contributed by atoms with Crippen LogP contribution in [-0.2, 0) is 12.8 Å². The molecule has 0 aliphatic carbocycles. The zero-order valence-electron chi connectivity index (χ0n) is 22.8. The number of carbonyl (C=O) groups excluding carboxylic acids is 3. The topological polar surface area (TPSA) is 143 Å². The van der Waals surface area contributed by atoms with Gasteiger partial charge in [0.15, 0.2) is 0 Å². The summed E-state index contributed by atoms with van der Waals surface area (Å²) in [7, 11) is 0. The Hall–Kier alpha value is -4.05. The zero-order valence-corrected chi connectivity index (χ0v) is 22.8. The molecule has 40 heavy (non-hydrogen) atoms. The number of benzene rings is 2. The number of H-pyrrole nitrogens is 1. The molecule has 0 bridgehead atoms. The third-order valence-electron chi connectivity index (χ3n) is 6.82. The molecular formula is C30H36F2N4O4. The van der Waals surface area contributed by atoms with Crippen molar-refractivity contribution in [2.75, 3.05) is 13.1 Å². The van der Waals surface area contributed by atoms with E-state index in [9.17, 15) is 28.3 Å². The van der Waals surface area contributed by atoms with E-state index in [1.807, 2.05) is 26.0 Å². The Kier molecular flexibility index (Phi) is 10.6. The molecule has 10 heteroatoms. The fourth-order valence-electron chi connectivity index (χ4n) is 5.04. The molecule has 2 unspecified atom stereocenters. The van der Waals surface area contributed by atoms with Crippen LogP contribution < -0.4 is 11.5 Å². The second-order valence-electron chi connectivity index (χ2n) is 9.90. The van der Waals surface area contributed by atoms with Crippen molar-refractivity contribution >= 4 is 17.7 Å². The summed E-state index contributed by atoms with van der Waals surface area (Å²) in [6, 6.07) is 9.19. The number of rotatable bonds is 14. The van der Waals surface area contributed by atoms with E-state index >= 15 is 0 Å². The van der Waals surface area contributed by atoms with Crippen molar-refractivity contribution in [1.29, 1.82) is 0 Å². The second kappa shape index (κ2) is 13.8. The molecule has 6 N–H and O–H groups in total. The number of aromatic nitrogens is 1. The first-order chi connectivity index (χ1) is 19.0. The number of hydrogen-bond donors (Lipinski definition) is 4. The van der Waals surface area contributed by atoms with Gasteiger partial charge >= 0.3 is 0 Å². The fraction of sp³-hybridized carbons (Fsp3) is 0.367. The van der Waals surface area contributed by atoms with Crippen LogP contribution in [0.3, 0.4) is 0 Å². The SMILES string of the molecule is CCCN(CCC)C(=O)c1cc(C(N)=O)cc(C(N)=O)c1C(Cc1cc(F)cc(F)c1)C(O)CCc1ccc[nH]1. The first-order valence-corrected chi connectivity index (χ1v) is 13.4. The largest absolute Gasteiger partial charge is 0.392 e. The Labute approximate surface area is 232 Å². The number of nitrogens with one attached hydrogen (secondary N) is 1. The van der Waals surface area contributed by atoms with E-state index in [2.05, 4.69) is 4.98 Å². The molecule has 0 spiro atoms. The van der Waals surface area contributed by atoms with Crippen molar-refractivity contribution in [2.45, 2.75) is 58.0 Å². The Morgan fingerprint density at radius 2 is 1.57 bits per heavy atom. The van der Waals surface area contributed by atoms with E-state index in [-0.39, 0.29) is 40.7 Å². The number of hydrogen-bond acceptors (Lipinski definition) is 4. The molecule has 3 aromatic rings. The lowest BCUT2D eigenvalue weighted by atomic mass is 9.79. The summed E-state index contributed by atoms with van der Waals surface area (Å²) in [6.45, 7) is 4.65. The maximum absolute atomic E-state index is 14.2. The molecule has 0 aliphatic heterocycles. The average Bonchev–Trinajstić information content (AvgIpc) is 3.42. The van der Waals surface area contributed by atoms with Crippen LogP contribution in [0.15, 0.2) is 48.7 Å². The highest BCUT2D eigenvalue weighted by Crippen LogP contribution is 2.34. The summed E-state index contributed by atoms with van der Waals surface area (Å²) in [5.74, 6) is -4.85. The van der Waals surface area contributed by atoms with Crippen molar-refractivity contribution in [1.82, 2.24) is 9.88 Å². The predicted octanol–water partition coefficient (Wildman–Crippen LogP) is 4.07. The monoisotopic (exact) mass is 554 g/mol. The van der Waals surface area contributed by atoms with Gasteiger partial charge in [-0.25, -0.2) is 8.78 Å². The van der Waals surface area contributed by atoms with E-state index in [0.717, 1.165) is 23.9 Å². The molecule has 0 fully saturated rings. The van der Waals surface area contributed by atoms with Crippen molar-refractivity contribution in [3.63, 3.8) is 0 Å². The Balaban J connectivity index is 2.25. The lowest BCUT2D eigenvalue weighted by molar-refractivity contribution is 0.0750. The van der Waals surface area contributed by atoms with Gasteiger partial charge < -0.3 is 26.5 Å². The molecule has 0 radical (unpaired) electrons. The minimum absolute atomic E-state index is 0.00667. The zero-order chi connectivity index (χ0) is 29.4. The maximum Gasteiger partial charge on any atom is 0.254 e. The van der Waals surface area contributed by atoms with E-state index in [1.165, 1.54) is 12.1 Å². The standard InChI is InChI=1S/C30H36F2N4O4/c1-3-10-36(11-4-2)30(40)25-16-19(28(33)38)15-24(29(34)39)27(25)23(14-18-12-20(31)17-21(32)13-18)26(37)8-7-22-6-5-9-35-22/h5-6,9,12-13,15-17,23,26,35,37H,3-4,7-8,10-11,14H2,1-2H3,(H2,33,38)(H2,34,39). The number of aryl methyl sites for hydroxylation is 1. The number of nitrogens with two attached hydrogens (primary N) is 2. The van der Waals surface area contributed by atoms with Crippen LogP contribution in [0.2, 0.25) is 0 Å². The molecular weight excluding hydrogens is 518 g/mol. The number of aromatic amines is 1. The van der Waals surface area contributed by atoms with Crippen LogP contribution in [0.4, 0.5) is 8.78 Å². The molecule has 3 rings (SSSR count). The summed E-state index contributed by atoms with van der Waals surface area (Å²) < 4.78 is 28.3. The van der Waals surface area contributed by atoms with Crippen LogP contribution in [0.25, 0.3) is 0 Å². The number of aliphatic hydroxyl groups excluding tert-OH is 1. The van der Waals surface area contributed by atoms with E-state index < -0.39 is 41.4 Å². The lowest BCUT2D eigenvalue weighted by Gasteiger charge is -2.30. The number of carbonyl (C=O) groups is 3. The molecule has 0 saturated carbocycles. The molecule has 8 nitrogen and oxygen atoms in total. The third-order valence-corrected chi connectivity index (χ3v) is 6.82. The minimum atomic E-state index is -1.16. The van der Waals surface area contributed by atoms with Crippen molar-refractivity contribution in [3.05, 3.63) is 93.8 Å². The number of nitrogens with zero attached hydrogens (tertiary/aromatic N) is 1. The molecule has 0 saturated heterocycles. The summed E-state index contributed by atoms with van der Waals surface area (Å²) in [5.41, 5.74) is 12.2. The maximum atomic E-state index is 14.2. The van der Waals surface area contributed by atoms with Gasteiger partial charge in [0.2, 0.25) is 11.8 Å². The molecule has 1 heterocycles. The highest BCUT2D eigenvalue weighted by atomic mass is 19.1. The third kappa shape index (κ3) is 7.53. The highest BCUT2D eigenvalue weighted by Gasteiger charge is 2.33. The number of halogens is 2. The summed E-state index contributed by atoms with van der Waals surface area (Å²) >= 11 is 0. The summed E-state index contributed by atoms with van der Waals surface area (Å²) in [4.78, 5) is 43.6. The first kappa shape index (κ1) is 30.5. The summed E-state index contributed by atoms with van der Waals surface area (Å²) in [6.07, 6.45) is 2.40. The smallest absolute Gasteiger partial charge is 0.254 e. The molecule has 1 aromatic heterocycles. The summed E-state index contributed by atoms with van der Waals surface area (Å²) in [5, 5.41) is 11.5. The molecule has 0 aliphatic rings. The number of amides is 3. The van der Waals surface area contributed by atoms with E-state index in [0.29, 0.717) is 32.4 Å². The molecule has 3 amide bonds. The molecule has 2 atom stereocenters. The van der Waals surface area contributed by atoms with Crippen LogP contribution >= 0.6 is 0 Å². The normalized spacial score (nSPS) is 12.6. The molecule has 2 aromatic carbocycles. The predicted molar refractivity (Wildman–Crippen MR) is 148 cm³/mol. The van der Waals surface area contributed by atoms with Gasteiger partial charge in [-0.1, -0.05) is 13.8 Å². The van der Waals surface area contributed by atoms with Crippen LogP contribution in [0.1, 0.15) is 86.9 Å². The van der Waals surface area contributed by atoms with Gasteiger partial charge in [0.25, 0.3) is 5.91 Å². The van der Waals surface area contributed by atoms with Gasteiger partial charge in [-0.2, -0.15) is 0 Å². The molecule has 214 valence electrons. The highest BCUT2D eigenvalue weighted by molar-refractivity contribution is 6.06. The van der Waals surface area contributed by atoms with Gasteiger partial charge in [0.05, 0.1) is 6.10 Å². The van der Waals surface area contributed by atoms with Crippen molar-refractivity contribution < 1.29 is 28.3 Å². The van der Waals surface area contributed by atoms with Crippen LogP contribution in [0, 0.1) is 11.6 Å². The average molecular weight is 555 g/mol. The number of primary amides is 2. The Bertz CT molecular complexity index is 1320. The van der Waals surface area contributed by atoms with Crippen LogP contribution in [0.5, 0.6) is 0 Å². The lowest BCUT2D eigenvalue weighted by Crippen LogP contribution is -2.36. The fourth-order valence-corrected chi connectivity index (χ4v) is 5.04. The number of aliphatic hydroxyl groups is 1. The van der Waals surface area contributed by atoms with Gasteiger partial charge in [-0.15, -0.1) is 0 Å². The Morgan fingerprint density at radius 3 is 2.10 bits per heavy atom. The van der Waals surface area contributed by atoms with Gasteiger partial charge in [-0.05, 0) is 79.6 Å². The van der Waals surface area contributed by atoms with Gasteiger partial charge in [-0.3, -0.25) is 14.4 Å². The minimum Gasteiger partial charge on any atom is -0.392 e. The van der Waals surface area contributed by atoms with Gasteiger partial charge in [0, 0.05) is 53.7 Å². The quantitative estimate of drug-likeness (QED) is 0.238. The van der Waals surface area contributed by atoms with E-state index in [4.69, 9.17) is 11.5 Å². The van der Waals surface area contributed by atoms with E-state index in [1.54, 1.807) is 11.1 Å². The van der Waals surface area contributed by atoms with Gasteiger partial charge in [0.1, 0.15) is 11.6 Å². The Morgan fingerprint density at radius 1 is 0.950 bits per heavy atom. The first-order valence-electron chi connectivity index (χ1n) is 13.4. The van der Waals surface area contributed by atoms with Crippen molar-refractivity contribution in [2.24, 2.45) is 11.5 Å². The van der Waals surface area contributed by atoms with Crippen molar-refractivity contribution in [3.8, 4) is 0 Å².